The molecule has 0 radical (unpaired) electrons. The van der Waals surface area contributed by atoms with Crippen LogP contribution in [0.4, 0.5) is 0 Å². The summed E-state index contributed by atoms with van der Waals surface area (Å²) in [5.41, 5.74) is 1.54. The zero-order valence-corrected chi connectivity index (χ0v) is 8.34. The summed E-state index contributed by atoms with van der Waals surface area (Å²) < 4.78 is 4.69. The molecule has 2 rings (SSSR count). The molecule has 1 heterocycles. The van der Waals surface area contributed by atoms with Crippen LogP contribution >= 0.6 is 0 Å². The summed E-state index contributed by atoms with van der Waals surface area (Å²) >= 11 is 0. The van der Waals surface area contributed by atoms with E-state index in [1.165, 1.54) is 7.11 Å². The number of esters is 1. The van der Waals surface area contributed by atoms with Gasteiger partial charge in [-0.15, -0.1) is 0 Å². The molecule has 0 spiro atoms. The van der Waals surface area contributed by atoms with E-state index in [9.17, 15) is 4.79 Å². The fraction of sp³-hybridized carbons (Fsp3) is 0.273. The Morgan fingerprint density at radius 1 is 1.47 bits per heavy atom. The van der Waals surface area contributed by atoms with Crippen LogP contribution in [0.15, 0.2) is 35.5 Å². The molecule has 0 amide bonds. The Balaban J connectivity index is 2.26. The lowest BCUT2D eigenvalue weighted by atomic mass is 9.98. The fourth-order valence-corrected chi connectivity index (χ4v) is 1.51. The third-order valence-corrected chi connectivity index (χ3v) is 2.29. The van der Waals surface area contributed by atoms with Crippen LogP contribution < -0.4 is 0 Å². The summed E-state index contributed by atoms with van der Waals surface area (Å²) in [5, 5.41) is 3.87. The molecule has 0 bridgehead atoms. The average molecular weight is 205 g/mol. The molecule has 4 nitrogen and oxygen atoms in total. The smallest absolute Gasteiger partial charge is 0.318 e. The van der Waals surface area contributed by atoms with Crippen molar-refractivity contribution in [1.82, 2.24) is 0 Å². The van der Waals surface area contributed by atoms with E-state index in [0.29, 0.717) is 5.71 Å². The maximum absolute atomic E-state index is 11.4. The van der Waals surface area contributed by atoms with Crippen LogP contribution in [0, 0.1) is 5.92 Å². The molecule has 1 aliphatic heterocycles. The number of methoxy groups -OCH3 is 1. The van der Waals surface area contributed by atoms with Crippen LogP contribution in [0.3, 0.4) is 0 Å². The number of ether oxygens (including phenoxy) is 1. The average Bonchev–Trinajstić information content (AvgIpc) is 2.78. The van der Waals surface area contributed by atoms with Gasteiger partial charge in [-0.25, -0.2) is 0 Å². The van der Waals surface area contributed by atoms with Crippen molar-refractivity contribution in [3.05, 3.63) is 35.9 Å². The van der Waals surface area contributed by atoms with E-state index < -0.39 is 5.92 Å². The van der Waals surface area contributed by atoms with Gasteiger partial charge in [-0.05, 0) is 0 Å². The zero-order chi connectivity index (χ0) is 10.7. The van der Waals surface area contributed by atoms with E-state index in [2.05, 4.69) is 9.89 Å². The van der Waals surface area contributed by atoms with Gasteiger partial charge in [0.05, 0.1) is 7.11 Å². The number of benzene rings is 1. The summed E-state index contributed by atoms with van der Waals surface area (Å²) in [6.45, 7) is 0.261. The number of nitrogens with zero attached hydrogens (tertiary/aromatic N) is 1. The van der Waals surface area contributed by atoms with Gasteiger partial charge < -0.3 is 9.57 Å². The predicted octanol–water partition coefficient (Wildman–Crippen LogP) is 1.21. The van der Waals surface area contributed by atoms with Gasteiger partial charge in [0.15, 0.2) is 0 Å². The van der Waals surface area contributed by atoms with Gasteiger partial charge in [0, 0.05) is 5.56 Å². The number of carbonyl (C=O) groups is 1. The Hall–Kier alpha value is -1.84. The maximum Gasteiger partial charge on any atom is 0.318 e. The van der Waals surface area contributed by atoms with Crippen LogP contribution in [-0.4, -0.2) is 25.4 Å². The van der Waals surface area contributed by atoms with Crippen molar-refractivity contribution in [2.24, 2.45) is 11.1 Å². The highest BCUT2D eigenvalue weighted by molar-refractivity contribution is 6.12. The van der Waals surface area contributed by atoms with Crippen molar-refractivity contribution in [2.75, 3.05) is 13.7 Å². The molecular formula is C11H11NO3. The van der Waals surface area contributed by atoms with Crippen molar-refractivity contribution in [3.63, 3.8) is 0 Å². The Morgan fingerprint density at radius 3 is 2.87 bits per heavy atom. The molecule has 1 atom stereocenters. The second-order valence-corrected chi connectivity index (χ2v) is 3.21. The fourth-order valence-electron chi connectivity index (χ4n) is 1.51. The van der Waals surface area contributed by atoms with Crippen molar-refractivity contribution < 1.29 is 14.4 Å². The molecule has 15 heavy (non-hydrogen) atoms. The maximum atomic E-state index is 11.4. The summed E-state index contributed by atoms with van der Waals surface area (Å²) in [5.74, 6) is -0.715. The quantitative estimate of drug-likeness (QED) is 0.682. The molecule has 0 N–H and O–H groups in total. The largest absolute Gasteiger partial charge is 0.468 e. The van der Waals surface area contributed by atoms with Crippen molar-refractivity contribution in [2.45, 2.75) is 0 Å². The molecule has 78 valence electrons. The third kappa shape index (κ3) is 1.83. The van der Waals surface area contributed by atoms with Crippen LogP contribution in [0.25, 0.3) is 0 Å². The third-order valence-electron chi connectivity index (χ3n) is 2.29. The second kappa shape index (κ2) is 4.13. The Kier molecular flexibility index (Phi) is 2.67. The highest BCUT2D eigenvalue weighted by Gasteiger charge is 2.32. The minimum atomic E-state index is -0.405. The summed E-state index contributed by atoms with van der Waals surface area (Å²) in [6.07, 6.45) is 0. The highest BCUT2D eigenvalue weighted by atomic mass is 16.6. The highest BCUT2D eigenvalue weighted by Crippen LogP contribution is 2.18. The molecule has 0 aliphatic carbocycles. The summed E-state index contributed by atoms with van der Waals surface area (Å²) in [6, 6.07) is 9.48. The van der Waals surface area contributed by atoms with Crippen molar-refractivity contribution >= 4 is 11.7 Å². The topological polar surface area (TPSA) is 47.9 Å². The van der Waals surface area contributed by atoms with Crippen LogP contribution in [0.5, 0.6) is 0 Å². The number of hydrogen-bond acceptors (Lipinski definition) is 4. The van der Waals surface area contributed by atoms with Crippen LogP contribution in [0.2, 0.25) is 0 Å². The van der Waals surface area contributed by atoms with Crippen LogP contribution in [0.1, 0.15) is 5.56 Å². The lowest BCUT2D eigenvalue weighted by Gasteiger charge is -2.07. The summed E-state index contributed by atoms with van der Waals surface area (Å²) in [4.78, 5) is 16.3. The molecule has 0 saturated carbocycles. The zero-order valence-electron chi connectivity index (χ0n) is 8.34. The van der Waals surface area contributed by atoms with E-state index in [1.807, 2.05) is 30.3 Å². The van der Waals surface area contributed by atoms with Gasteiger partial charge in [0.2, 0.25) is 0 Å². The summed E-state index contributed by atoms with van der Waals surface area (Å²) in [7, 11) is 1.36. The Labute approximate surface area is 87.5 Å². The van der Waals surface area contributed by atoms with Crippen molar-refractivity contribution in [1.29, 1.82) is 0 Å². The second-order valence-electron chi connectivity index (χ2n) is 3.21. The molecule has 1 aromatic rings. The van der Waals surface area contributed by atoms with Crippen LogP contribution in [-0.2, 0) is 14.4 Å². The van der Waals surface area contributed by atoms with E-state index in [4.69, 9.17) is 4.84 Å². The lowest BCUT2D eigenvalue weighted by molar-refractivity contribution is -0.143. The van der Waals surface area contributed by atoms with E-state index in [0.717, 1.165) is 5.56 Å². The number of hydrogen-bond donors (Lipinski definition) is 0. The van der Waals surface area contributed by atoms with Gasteiger partial charge in [-0.1, -0.05) is 35.5 Å². The minimum Gasteiger partial charge on any atom is -0.468 e. The molecule has 0 fully saturated rings. The molecule has 0 aromatic heterocycles. The van der Waals surface area contributed by atoms with Crippen molar-refractivity contribution in [3.8, 4) is 0 Å². The molecule has 1 aliphatic rings. The molecule has 1 aromatic carbocycles. The lowest BCUT2D eigenvalue weighted by Crippen LogP contribution is -2.25. The Morgan fingerprint density at radius 2 is 2.20 bits per heavy atom. The van der Waals surface area contributed by atoms with E-state index >= 15 is 0 Å². The monoisotopic (exact) mass is 205 g/mol. The van der Waals surface area contributed by atoms with Gasteiger partial charge >= 0.3 is 5.97 Å². The van der Waals surface area contributed by atoms with Gasteiger partial charge in [-0.3, -0.25) is 4.79 Å². The first-order valence-corrected chi connectivity index (χ1v) is 4.66. The molecule has 0 saturated heterocycles. The first-order chi connectivity index (χ1) is 7.33. The first-order valence-electron chi connectivity index (χ1n) is 4.66. The standard InChI is InChI=1S/C11H11NO3/c1-14-11(13)9-7-15-12-10(9)8-5-3-2-4-6-8/h2-6,9H,7H2,1H3. The predicted molar refractivity (Wildman–Crippen MR) is 54.4 cm³/mol. The van der Waals surface area contributed by atoms with E-state index in [1.54, 1.807) is 0 Å². The number of rotatable bonds is 2. The SMILES string of the molecule is COC(=O)C1CON=C1c1ccccc1. The van der Waals surface area contributed by atoms with Gasteiger partial charge in [0.25, 0.3) is 0 Å². The molecule has 4 heteroatoms. The number of carbonyl (C=O) groups excluding carboxylic acids is 1. The normalized spacial score (nSPS) is 19.3. The van der Waals surface area contributed by atoms with Gasteiger partial charge in [0.1, 0.15) is 18.2 Å². The Bertz CT molecular complexity index is 386. The minimum absolute atomic E-state index is 0.261. The molecule has 1 unspecified atom stereocenters. The van der Waals surface area contributed by atoms with Gasteiger partial charge in [-0.2, -0.15) is 0 Å². The number of oxime groups is 1. The first kappa shape index (κ1) is 9.71. The molecular weight excluding hydrogens is 194 g/mol. The van der Waals surface area contributed by atoms with E-state index in [-0.39, 0.29) is 12.6 Å².